The molecular formula is C81H158O17P2. The number of phosphoric acid groups is 2. The molecule has 0 spiro atoms. The third kappa shape index (κ3) is 73.0. The summed E-state index contributed by atoms with van der Waals surface area (Å²) in [6, 6.07) is 0. The van der Waals surface area contributed by atoms with E-state index in [9.17, 15) is 43.2 Å². The molecule has 3 N–H and O–H groups in total. The second-order valence-electron chi connectivity index (χ2n) is 29.4. The van der Waals surface area contributed by atoms with Crippen LogP contribution in [0.15, 0.2) is 0 Å². The van der Waals surface area contributed by atoms with Crippen LogP contribution in [-0.4, -0.2) is 96.7 Å². The summed E-state index contributed by atoms with van der Waals surface area (Å²) in [7, 11) is -9.92. The highest BCUT2D eigenvalue weighted by Gasteiger charge is 2.30. The maximum atomic E-state index is 13.1. The lowest BCUT2D eigenvalue weighted by molar-refractivity contribution is -0.161. The third-order valence-electron chi connectivity index (χ3n) is 19.4. The molecule has 0 aromatic carbocycles. The second kappa shape index (κ2) is 73.9. The Kier molecular flexibility index (Phi) is 72.5. The van der Waals surface area contributed by atoms with Crippen molar-refractivity contribution in [2.45, 2.75) is 451 Å². The molecule has 0 aliphatic carbocycles. The first-order chi connectivity index (χ1) is 48.6. The minimum absolute atomic E-state index is 0.108. The Bertz CT molecular complexity index is 1910. The third-order valence-corrected chi connectivity index (χ3v) is 21.3. The van der Waals surface area contributed by atoms with Crippen LogP contribution in [0.4, 0.5) is 0 Å². The molecule has 0 aliphatic rings. The molecule has 0 saturated heterocycles. The van der Waals surface area contributed by atoms with Crippen LogP contribution in [0.1, 0.15) is 433 Å². The number of unbranched alkanes of at least 4 members (excludes halogenated alkanes) is 52. The Morgan fingerprint density at radius 1 is 0.280 bits per heavy atom. The van der Waals surface area contributed by atoms with E-state index in [0.717, 1.165) is 95.8 Å². The Morgan fingerprint density at radius 3 is 0.710 bits per heavy atom. The molecule has 0 radical (unpaired) electrons. The summed E-state index contributed by atoms with van der Waals surface area (Å²) in [5.41, 5.74) is 0. The van der Waals surface area contributed by atoms with Crippen molar-refractivity contribution in [1.82, 2.24) is 0 Å². The number of esters is 4. The summed E-state index contributed by atoms with van der Waals surface area (Å²) in [5, 5.41) is 10.6. The zero-order chi connectivity index (χ0) is 73.4. The maximum absolute atomic E-state index is 13.1. The topological polar surface area (TPSA) is 237 Å². The molecule has 0 rings (SSSR count). The van der Waals surface area contributed by atoms with Gasteiger partial charge < -0.3 is 33.8 Å². The number of hydrogen-bond acceptors (Lipinski definition) is 15. The quantitative estimate of drug-likeness (QED) is 0.0222. The summed E-state index contributed by atoms with van der Waals surface area (Å²) in [5.74, 6) is -1.23. The van der Waals surface area contributed by atoms with Gasteiger partial charge in [-0.1, -0.05) is 381 Å². The predicted molar refractivity (Wildman–Crippen MR) is 409 cm³/mol. The fraction of sp³-hybridized carbons (Fsp3) is 0.951. The number of carbonyl (C=O) groups is 4. The van der Waals surface area contributed by atoms with Gasteiger partial charge in [-0.2, -0.15) is 0 Å². The first-order valence-corrected chi connectivity index (χ1v) is 45.2. The number of hydrogen-bond donors (Lipinski definition) is 3. The van der Waals surface area contributed by atoms with Crippen LogP contribution >= 0.6 is 15.6 Å². The zero-order valence-corrected chi connectivity index (χ0v) is 67.1. The van der Waals surface area contributed by atoms with Gasteiger partial charge in [-0.05, 0) is 31.6 Å². The van der Waals surface area contributed by atoms with Crippen molar-refractivity contribution in [2.24, 2.45) is 5.92 Å². The molecule has 0 aromatic rings. The van der Waals surface area contributed by atoms with Crippen molar-refractivity contribution in [3.8, 4) is 0 Å². The van der Waals surface area contributed by atoms with E-state index in [1.807, 2.05) is 0 Å². The molecule has 0 amide bonds. The lowest BCUT2D eigenvalue weighted by Gasteiger charge is -2.21. The van der Waals surface area contributed by atoms with Gasteiger partial charge in [0.25, 0.3) is 0 Å². The molecule has 19 heteroatoms. The van der Waals surface area contributed by atoms with E-state index in [4.69, 9.17) is 37.0 Å². The van der Waals surface area contributed by atoms with E-state index in [1.165, 1.54) is 257 Å². The number of aliphatic hydroxyl groups excluding tert-OH is 1. The van der Waals surface area contributed by atoms with E-state index in [0.29, 0.717) is 25.7 Å². The van der Waals surface area contributed by atoms with Gasteiger partial charge in [0.2, 0.25) is 0 Å². The van der Waals surface area contributed by atoms with Crippen LogP contribution in [0.5, 0.6) is 0 Å². The summed E-state index contributed by atoms with van der Waals surface area (Å²) >= 11 is 0. The van der Waals surface area contributed by atoms with Crippen molar-refractivity contribution in [3.63, 3.8) is 0 Å². The lowest BCUT2D eigenvalue weighted by Crippen LogP contribution is -2.30. The molecule has 0 aliphatic heterocycles. The summed E-state index contributed by atoms with van der Waals surface area (Å²) < 4.78 is 68.7. The van der Waals surface area contributed by atoms with Crippen molar-refractivity contribution >= 4 is 39.5 Å². The van der Waals surface area contributed by atoms with Crippen LogP contribution < -0.4 is 0 Å². The van der Waals surface area contributed by atoms with Crippen LogP contribution in [0.3, 0.4) is 0 Å². The SMILES string of the molecule is CCCCCCCCCCCCCCCCCC(=O)OC[C@H](COP(=O)(O)OC[C@@H](O)COP(=O)(O)OC[C@@H](COC(=O)CCCCCCCCCCCC)OC(=O)CCCCCCCCCCCCCCC)OC(=O)CCCCCCCCCCCCCCCCCCCCC(C)CC. The van der Waals surface area contributed by atoms with E-state index in [1.54, 1.807) is 0 Å². The van der Waals surface area contributed by atoms with Crippen LogP contribution in [0.2, 0.25) is 0 Å². The minimum atomic E-state index is -4.96. The fourth-order valence-electron chi connectivity index (χ4n) is 12.6. The molecule has 6 atom stereocenters. The highest BCUT2D eigenvalue weighted by molar-refractivity contribution is 7.47. The standard InChI is InChI=1S/C81H158O17P2/c1-6-10-13-16-19-22-25-27-32-37-40-45-50-55-60-65-79(84)92-71-77(98-81(86)67-62-57-52-47-42-38-34-31-29-28-30-33-36-39-43-48-53-58-63-74(5)9-4)73-96-100(89,90)94-69-75(82)68-93-99(87,88)95-72-76(70-91-78(83)64-59-54-49-44-24-21-18-15-12-8-3)97-80(85)66-61-56-51-46-41-35-26-23-20-17-14-11-7-2/h74-77,82H,6-73H2,1-5H3,(H,87,88)(H,89,90)/t74?,75-,76+,77+/m0/s1. The minimum Gasteiger partial charge on any atom is -0.462 e. The number of rotatable bonds is 81. The van der Waals surface area contributed by atoms with Gasteiger partial charge in [0, 0.05) is 25.7 Å². The Hall–Kier alpha value is -1.94. The predicted octanol–water partition coefficient (Wildman–Crippen LogP) is 24.4. The van der Waals surface area contributed by atoms with Crippen LogP contribution in [0, 0.1) is 5.92 Å². The molecule has 17 nitrogen and oxygen atoms in total. The van der Waals surface area contributed by atoms with E-state index in [-0.39, 0.29) is 25.7 Å². The molecule has 0 heterocycles. The molecule has 0 bridgehead atoms. The van der Waals surface area contributed by atoms with Gasteiger partial charge in [0.15, 0.2) is 12.2 Å². The molecular weight excluding hydrogens is 1310 g/mol. The highest BCUT2D eigenvalue weighted by Crippen LogP contribution is 2.45. The number of carbonyl (C=O) groups excluding carboxylic acids is 4. The normalized spacial score (nSPS) is 14.1. The summed E-state index contributed by atoms with van der Waals surface area (Å²) in [4.78, 5) is 73.0. The zero-order valence-electron chi connectivity index (χ0n) is 65.3. The smallest absolute Gasteiger partial charge is 0.462 e. The van der Waals surface area contributed by atoms with Gasteiger partial charge in [-0.25, -0.2) is 9.13 Å². The number of aliphatic hydroxyl groups is 1. The van der Waals surface area contributed by atoms with Crippen molar-refractivity contribution in [2.75, 3.05) is 39.6 Å². The molecule has 3 unspecified atom stereocenters. The van der Waals surface area contributed by atoms with Gasteiger partial charge in [0.05, 0.1) is 26.4 Å². The maximum Gasteiger partial charge on any atom is 0.472 e. The first-order valence-electron chi connectivity index (χ1n) is 42.2. The second-order valence-corrected chi connectivity index (χ2v) is 32.3. The number of phosphoric ester groups is 2. The lowest BCUT2D eigenvalue weighted by atomic mass is 9.99. The van der Waals surface area contributed by atoms with Crippen LogP contribution in [0.25, 0.3) is 0 Å². The van der Waals surface area contributed by atoms with E-state index < -0.39 is 97.5 Å². The van der Waals surface area contributed by atoms with Crippen molar-refractivity contribution in [1.29, 1.82) is 0 Å². The summed E-state index contributed by atoms with van der Waals surface area (Å²) in [6.07, 6.45) is 65.1. The van der Waals surface area contributed by atoms with Crippen molar-refractivity contribution < 1.29 is 80.2 Å². The molecule has 594 valence electrons. The largest absolute Gasteiger partial charge is 0.472 e. The van der Waals surface area contributed by atoms with Gasteiger partial charge >= 0.3 is 39.5 Å². The monoisotopic (exact) mass is 1470 g/mol. The Morgan fingerprint density at radius 2 is 0.480 bits per heavy atom. The van der Waals surface area contributed by atoms with E-state index in [2.05, 4.69) is 34.6 Å². The first kappa shape index (κ1) is 98.1. The average molecular weight is 1470 g/mol. The molecule has 0 fully saturated rings. The molecule has 0 aromatic heterocycles. The van der Waals surface area contributed by atoms with Gasteiger partial charge in [0.1, 0.15) is 19.3 Å². The van der Waals surface area contributed by atoms with Gasteiger partial charge in [-0.3, -0.25) is 37.3 Å². The number of ether oxygens (including phenoxy) is 4. The fourth-order valence-corrected chi connectivity index (χ4v) is 14.1. The Balaban J connectivity index is 5.20. The average Bonchev–Trinajstić information content (AvgIpc) is 1.02. The Labute approximate surface area is 613 Å². The van der Waals surface area contributed by atoms with Crippen molar-refractivity contribution in [3.05, 3.63) is 0 Å². The molecule has 0 saturated carbocycles. The van der Waals surface area contributed by atoms with Gasteiger partial charge in [-0.15, -0.1) is 0 Å². The highest BCUT2D eigenvalue weighted by atomic mass is 31.2. The van der Waals surface area contributed by atoms with Crippen LogP contribution in [-0.2, 0) is 65.4 Å². The molecule has 100 heavy (non-hydrogen) atoms. The summed E-state index contributed by atoms with van der Waals surface area (Å²) in [6.45, 7) is 7.39. The van der Waals surface area contributed by atoms with E-state index >= 15 is 0 Å².